The molecule has 166 valence electrons. The van der Waals surface area contributed by atoms with Crippen molar-refractivity contribution < 1.29 is 17.9 Å². The van der Waals surface area contributed by atoms with Gasteiger partial charge in [0.2, 0.25) is 11.1 Å². The third-order valence-electron chi connectivity index (χ3n) is 4.89. The number of morpholine rings is 1. The van der Waals surface area contributed by atoms with Crippen molar-refractivity contribution in [1.82, 2.24) is 34.6 Å². The Balaban J connectivity index is 1.56. The second-order valence-corrected chi connectivity index (χ2v) is 8.11. The molecule has 0 spiro atoms. The molecule has 1 aromatic carbocycles. The maximum Gasteiger partial charge on any atom is 0.453 e. The average molecular weight is 462 g/mol. The van der Waals surface area contributed by atoms with Gasteiger partial charge in [-0.25, -0.2) is 0 Å². The predicted molar refractivity (Wildman–Crippen MR) is 109 cm³/mol. The van der Waals surface area contributed by atoms with Gasteiger partial charge in [-0.3, -0.25) is 4.57 Å². The minimum absolute atomic E-state index is 0.00989. The molecule has 5 rings (SSSR count). The summed E-state index contributed by atoms with van der Waals surface area (Å²) in [4.78, 5) is 2.07. The topological polar surface area (TPSA) is 86.3 Å². The summed E-state index contributed by atoms with van der Waals surface area (Å²) in [5.74, 6) is -0.537. The van der Waals surface area contributed by atoms with E-state index in [9.17, 15) is 13.2 Å². The number of hydrogen-bond donors (Lipinski definition) is 0. The van der Waals surface area contributed by atoms with Crippen LogP contribution >= 0.6 is 11.8 Å². The van der Waals surface area contributed by atoms with Crippen LogP contribution in [0.25, 0.3) is 11.3 Å². The van der Waals surface area contributed by atoms with E-state index in [1.165, 1.54) is 6.07 Å². The number of ether oxygens (including phenoxy) is 1. The molecule has 13 heteroatoms. The molecule has 0 atom stereocenters. The Kier molecular flexibility index (Phi) is 5.21. The van der Waals surface area contributed by atoms with Crippen molar-refractivity contribution in [3.05, 3.63) is 47.8 Å². The van der Waals surface area contributed by atoms with E-state index in [1.807, 2.05) is 35.8 Å². The summed E-state index contributed by atoms with van der Waals surface area (Å²) in [5.41, 5.74) is 1.95. The fourth-order valence-electron chi connectivity index (χ4n) is 3.31. The van der Waals surface area contributed by atoms with Crippen molar-refractivity contribution in [3.8, 4) is 5.69 Å². The summed E-state index contributed by atoms with van der Waals surface area (Å²) in [5, 5.41) is 20.3. The Bertz CT molecular complexity index is 1250. The predicted octanol–water partition coefficient (Wildman–Crippen LogP) is 3.02. The zero-order valence-electron chi connectivity index (χ0n) is 16.8. The number of benzene rings is 1. The second-order valence-electron chi connectivity index (χ2n) is 7.12. The van der Waals surface area contributed by atoms with Crippen LogP contribution in [0, 0.1) is 6.92 Å². The molecule has 0 unspecified atom stereocenters. The van der Waals surface area contributed by atoms with Crippen LogP contribution in [0.1, 0.15) is 11.4 Å². The van der Waals surface area contributed by atoms with E-state index >= 15 is 0 Å². The number of aryl methyl sites for hydroxylation is 1. The molecule has 9 nitrogen and oxygen atoms in total. The van der Waals surface area contributed by atoms with E-state index in [4.69, 9.17) is 4.74 Å². The zero-order valence-corrected chi connectivity index (χ0v) is 17.6. The van der Waals surface area contributed by atoms with E-state index in [2.05, 4.69) is 30.4 Å². The van der Waals surface area contributed by atoms with Crippen molar-refractivity contribution in [3.63, 3.8) is 0 Å². The standard InChI is InChI=1S/C19H17F3N8OS/c1-12-2-4-13(5-3-12)29-17(28-8-10-31-11-9-28)25-26-18(29)32-15-7-6-14-23-24-16(19(20,21)22)30(14)27-15/h2-7H,8-11H2,1H3. The maximum absolute atomic E-state index is 13.2. The fourth-order valence-corrected chi connectivity index (χ4v) is 4.12. The van der Waals surface area contributed by atoms with Gasteiger partial charge in [-0.2, -0.15) is 22.8 Å². The summed E-state index contributed by atoms with van der Waals surface area (Å²) in [6.07, 6.45) is -4.67. The van der Waals surface area contributed by atoms with Gasteiger partial charge in [0.1, 0.15) is 5.03 Å². The van der Waals surface area contributed by atoms with Gasteiger partial charge in [-0.15, -0.1) is 20.4 Å². The fraction of sp³-hybridized carbons (Fsp3) is 0.316. The average Bonchev–Trinajstić information content (AvgIpc) is 3.39. The Morgan fingerprint density at radius 2 is 1.69 bits per heavy atom. The Morgan fingerprint density at radius 1 is 0.938 bits per heavy atom. The SMILES string of the molecule is Cc1ccc(-n2c(Sc3ccc4nnc(C(F)(F)F)n4n3)nnc2N2CCOCC2)cc1. The summed E-state index contributed by atoms with van der Waals surface area (Å²) in [6.45, 7) is 4.47. The van der Waals surface area contributed by atoms with Gasteiger partial charge in [-0.05, 0) is 43.0 Å². The molecule has 0 bridgehead atoms. The number of nitrogens with zero attached hydrogens (tertiary/aromatic N) is 8. The smallest absolute Gasteiger partial charge is 0.378 e. The first-order valence-electron chi connectivity index (χ1n) is 9.73. The lowest BCUT2D eigenvalue weighted by Crippen LogP contribution is -2.37. The molecule has 1 aliphatic rings. The van der Waals surface area contributed by atoms with Crippen LogP contribution in [-0.4, -0.2) is 60.9 Å². The first-order valence-corrected chi connectivity index (χ1v) is 10.5. The monoisotopic (exact) mass is 462 g/mol. The van der Waals surface area contributed by atoms with E-state index < -0.39 is 12.0 Å². The van der Waals surface area contributed by atoms with Gasteiger partial charge < -0.3 is 9.64 Å². The number of rotatable bonds is 4. The van der Waals surface area contributed by atoms with Crippen molar-refractivity contribution in [1.29, 1.82) is 0 Å². The normalized spacial score (nSPS) is 14.9. The lowest BCUT2D eigenvalue weighted by molar-refractivity contribution is -0.146. The highest BCUT2D eigenvalue weighted by molar-refractivity contribution is 7.99. The highest BCUT2D eigenvalue weighted by Crippen LogP contribution is 2.32. The van der Waals surface area contributed by atoms with Gasteiger partial charge in [-0.1, -0.05) is 17.7 Å². The largest absolute Gasteiger partial charge is 0.453 e. The number of fused-ring (bicyclic) bond motifs is 1. The number of halogens is 3. The van der Waals surface area contributed by atoms with Crippen LogP contribution in [0.3, 0.4) is 0 Å². The Morgan fingerprint density at radius 3 is 2.41 bits per heavy atom. The minimum Gasteiger partial charge on any atom is -0.378 e. The van der Waals surface area contributed by atoms with Gasteiger partial charge in [0, 0.05) is 13.1 Å². The molecule has 1 fully saturated rings. The van der Waals surface area contributed by atoms with Crippen LogP contribution in [-0.2, 0) is 10.9 Å². The lowest BCUT2D eigenvalue weighted by Gasteiger charge is -2.27. The van der Waals surface area contributed by atoms with Gasteiger partial charge in [0.15, 0.2) is 5.65 Å². The first-order chi connectivity index (χ1) is 15.4. The second kappa shape index (κ2) is 8.06. The van der Waals surface area contributed by atoms with Crippen molar-refractivity contribution in [2.75, 3.05) is 31.2 Å². The molecule has 4 heterocycles. The van der Waals surface area contributed by atoms with Crippen molar-refractivity contribution >= 4 is 23.4 Å². The molecule has 3 aromatic heterocycles. The van der Waals surface area contributed by atoms with Gasteiger partial charge >= 0.3 is 6.18 Å². The highest BCUT2D eigenvalue weighted by Gasteiger charge is 2.37. The van der Waals surface area contributed by atoms with Crippen LogP contribution in [0.15, 0.2) is 46.6 Å². The molecule has 32 heavy (non-hydrogen) atoms. The van der Waals surface area contributed by atoms with Crippen LogP contribution in [0.5, 0.6) is 0 Å². The quantitative estimate of drug-likeness (QED) is 0.458. The highest BCUT2D eigenvalue weighted by atomic mass is 32.2. The number of aromatic nitrogens is 7. The molecule has 0 amide bonds. The van der Waals surface area contributed by atoms with Crippen LogP contribution in [0.4, 0.5) is 19.1 Å². The summed E-state index contributed by atoms with van der Waals surface area (Å²) in [7, 11) is 0. The van der Waals surface area contributed by atoms with E-state index in [-0.39, 0.29) is 5.65 Å². The van der Waals surface area contributed by atoms with E-state index in [1.54, 1.807) is 6.07 Å². The minimum atomic E-state index is -4.67. The third kappa shape index (κ3) is 3.88. The molecular formula is C19H17F3N8OS. The van der Waals surface area contributed by atoms with Crippen LogP contribution < -0.4 is 4.90 Å². The van der Waals surface area contributed by atoms with Gasteiger partial charge in [0.25, 0.3) is 5.82 Å². The van der Waals surface area contributed by atoms with Crippen molar-refractivity contribution in [2.24, 2.45) is 0 Å². The number of anilines is 1. The Labute approximate surface area is 184 Å². The molecule has 1 aliphatic heterocycles. The number of alkyl halides is 3. The lowest BCUT2D eigenvalue weighted by atomic mass is 10.2. The molecule has 4 aromatic rings. The summed E-state index contributed by atoms with van der Waals surface area (Å²) >= 11 is 1.11. The summed E-state index contributed by atoms with van der Waals surface area (Å²) in [6, 6.07) is 10.9. The molecule has 1 saturated heterocycles. The van der Waals surface area contributed by atoms with E-state index in [0.29, 0.717) is 46.9 Å². The zero-order chi connectivity index (χ0) is 22.3. The van der Waals surface area contributed by atoms with E-state index in [0.717, 1.165) is 23.0 Å². The molecule has 0 aliphatic carbocycles. The maximum atomic E-state index is 13.2. The van der Waals surface area contributed by atoms with Crippen LogP contribution in [0.2, 0.25) is 0 Å². The molecular weight excluding hydrogens is 445 g/mol. The Hall–Kier alpha value is -3.19. The number of hydrogen-bond acceptors (Lipinski definition) is 8. The first kappa shape index (κ1) is 20.7. The van der Waals surface area contributed by atoms with Gasteiger partial charge in [0.05, 0.1) is 18.9 Å². The molecule has 0 radical (unpaired) electrons. The van der Waals surface area contributed by atoms with Crippen molar-refractivity contribution in [2.45, 2.75) is 23.3 Å². The molecule has 0 saturated carbocycles. The molecule has 0 N–H and O–H groups in total. The third-order valence-corrected chi connectivity index (χ3v) is 5.76. The summed E-state index contributed by atoms with van der Waals surface area (Å²) < 4.78 is 47.7.